The van der Waals surface area contributed by atoms with Gasteiger partial charge >= 0.3 is 6.09 Å². The van der Waals surface area contributed by atoms with Gasteiger partial charge in [-0.3, -0.25) is 10.1 Å². The highest BCUT2D eigenvalue weighted by Gasteiger charge is 2.28. The molecule has 12 heteroatoms. The second kappa shape index (κ2) is 11.5. The van der Waals surface area contributed by atoms with Gasteiger partial charge in [-0.1, -0.05) is 24.9 Å². The van der Waals surface area contributed by atoms with Crippen molar-refractivity contribution in [2.45, 2.75) is 32.1 Å². The quantitative estimate of drug-likeness (QED) is 0.147. The van der Waals surface area contributed by atoms with E-state index in [4.69, 9.17) is 11.6 Å². The number of imidazole rings is 1. The molecule has 0 unspecified atom stereocenters. The molecule has 4 aromatic rings. The van der Waals surface area contributed by atoms with E-state index < -0.39 is 23.6 Å². The van der Waals surface area contributed by atoms with Crippen molar-refractivity contribution in [2.24, 2.45) is 5.92 Å². The highest BCUT2D eigenvalue weighted by Crippen LogP contribution is 2.35. The highest BCUT2D eigenvalue weighted by atomic mass is 35.5. The van der Waals surface area contributed by atoms with Gasteiger partial charge in [0.05, 0.1) is 40.8 Å². The molecule has 3 heterocycles. The highest BCUT2D eigenvalue weighted by molar-refractivity contribution is 6.31. The number of pyridine rings is 1. The van der Waals surface area contributed by atoms with Crippen LogP contribution in [0.1, 0.15) is 43.6 Å². The van der Waals surface area contributed by atoms with Crippen LogP contribution in [0, 0.1) is 22.8 Å². The maximum Gasteiger partial charge on any atom is 0.411 e. The normalized spacial score (nSPS) is 17.0. The Morgan fingerprint density at radius 2 is 2.00 bits per heavy atom. The largest absolute Gasteiger partial charge is 0.618 e. The summed E-state index contributed by atoms with van der Waals surface area (Å²) < 4.78 is 34.3. The van der Waals surface area contributed by atoms with Gasteiger partial charge in [-0.15, -0.1) is 0 Å². The van der Waals surface area contributed by atoms with Crippen molar-refractivity contribution in [1.82, 2.24) is 9.97 Å². The standard InChI is InChI=1S/C29H26ClF2N5O4/c1-15-4-3-5-19(24-11-6-16(14-37(24)40)25-21(31)10-9-20(30)26(25)32)27-33-13-23(35-27)18-8-7-17(34-29(39)41-2)12-22(18)36-28(15)38/h6-15,19H,3-5H2,1-2H3,(H,33,35)(H,34,39)(H,36,38)/t15-,19+/m1/s1. The van der Waals surface area contributed by atoms with Crippen LogP contribution in [0.2, 0.25) is 5.02 Å². The monoisotopic (exact) mass is 581 g/mol. The Labute approximate surface area is 239 Å². The van der Waals surface area contributed by atoms with Crippen molar-refractivity contribution in [1.29, 1.82) is 0 Å². The summed E-state index contributed by atoms with van der Waals surface area (Å²) in [6.07, 6.45) is 3.67. The van der Waals surface area contributed by atoms with Crippen LogP contribution in [0.5, 0.6) is 0 Å². The Hall–Kier alpha value is -4.51. The fraction of sp³-hybridized carbons (Fsp3) is 0.241. The van der Waals surface area contributed by atoms with Crippen LogP contribution in [0.3, 0.4) is 0 Å². The molecule has 0 saturated heterocycles. The number of anilines is 2. The van der Waals surface area contributed by atoms with Gasteiger partial charge in [0.15, 0.2) is 12.0 Å². The Kier molecular flexibility index (Phi) is 7.89. The van der Waals surface area contributed by atoms with Gasteiger partial charge in [0, 0.05) is 23.2 Å². The number of carbonyl (C=O) groups excluding carboxylic acids is 2. The Morgan fingerprint density at radius 3 is 2.76 bits per heavy atom. The van der Waals surface area contributed by atoms with E-state index in [1.54, 1.807) is 24.4 Å². The average Bonchev–Trinajstić information content (AvgIpc) is 3.43. The molecular weight excluding hydrogens is 556 g/mol. The summed E-state index contributed by atoms with van der Waals surface area (Å²) in [6.45, 7) is 1.81. The maximum absolute atomic E-state index is 14.6. The van der Waals surface area contributed by atoms with Crippen LogP contribution in [0.4, 0.5) is 25.0 Å². The summed E-state index contributed by atoms with van der Waals surface area (Å²) >= 11 is 5.84. The molecule has 212 valence electrons. The number of halogens is 3. The molecule has 9 nitrogen and oxygen atoms in total. The SMILES string of the molecule is COC(=O)Nc1ccc2c(c1)NC(=O)[C@H](C)CCC[C@@H](c1ccc(-c3c(F)ccc(Cl)c3F)c[n+]1[O-])c1ncc-2[nH]1. The Bertz CT molecular complexity index is 1640. The minimum Gasteiger partial charge on any atom is -0.618 e. The lowest BCUT2D eigenvalue weighted by Crippen LogP contribution is -2.34. The molecule has 1 aliphatic heterocycles. The van der Waals surface area contributed by atoms with E-state index in [2.05, 4.69) is 25.3 Å². The molecule has 2 aromatic heterocycles. The lowest BCUT2D eigenvalue weighted by Gasteiger charge is -2.19. The van der Waals surface area contributed by atoms with E-state index in [1.807, 2.05) is 6.92 Å². The van der Waals surface area contributed by atoms with E-state index >= 15 is 0 Å². The minimum absolute atomic E-state index is 0.0464. The lowest BCUT2D eigenvalue weighted by atomic mass is 9.92. The third-order valence-corrected chi connectivity index (χ3v) is 7.43. The Balaban J connectivity index is 1.55. The summed E-state index contributed by atoms with van der Waals surface area (Å²) in [4.78, 5) is 32.6. The van der Waals surface area contributed by atoms with Crippen LogP contribution in [-0.2, 0) is 9.53 Å². The fourth-order valence-electron chi connectivity index (χ4n) is 4.92. The van der Waals surface area contributed by atoms with Gasteiger partial charge in [0.1, 0.15) is 17.6 Å². The summed E-state index contributed by atoms with van der Waals surface area (Å²) in [6, 6.07) is 10.2. The molecule has 0 fully saturated rings. The number of aromatic nitrogens is 3. The summed E-state index contributed by atoms with van der Waals surface area (Å²) in [5.41, 5.74) is 2.07. The number of methoxy groups -OCH3 is 1. The smallest absolute Gasteiger partial charge is 0.411 e. The molecule has 2 aromatic carbocycles. The molecule has 0 radical (unpaired) electrons. The van der Waals surface area contributed by atoms with Gasteiger partial charge in [0.25, 0.3) is 0 Å². The fourth-order valence-corrected chi connectivity index (χ4v) is 5.08. The van der Waals surface area contributed by atoms with Crippen molar-refractivity contribution in [3.63, 3.8) is 0 Å². The van der Waals surface area contributed by atoms with Crippen LogP contribution in [0.15, 0.2) is 54.9 Å². The van der Waals surface area contributed by atoms with E-state index in [0.717, 1.165) is 18.3 Å². The first-order chi connectivity index (χ1) is 19.7. The zero-order valence-corrected chi connectivity index (χ0v) is 22.9. The van der Waals surface area contributed by atoms with Crippen molar-refractivity contribution < 1.29 is 27.8 Å². The zero-order valence-electron chi connectivity index (χ0n) is 22.1. The first-order valence-electron chi connectivity index (χ1n) is 12.9. The number of ether oxygens (including phenoxy) is 1. The van der Waals surface area contributed by atoms with Gasteiger partial charge in [-0.2, -0.15) is 4.73 Å². The first-order valence-corrected chi connectivity index (χ1v) is 13.3. The molecule has 1 aliphatic rings. The van der Waals surface area contributed by atoms with Crippen LogP contribution >= 0.6 is 11.6 Å². The number of aromatic amines is 1. The molecule has 0 spiro atoms. The summed E-state index contributed by atoms with van der Waals surface area (Å²) in [5.74, 6) is -2.32. The molecule has 41 heavy (non-hydrogen) atoms. The molecule has 2 atom stereocenters. The number of hydrogen-bond donors (Lipinski definition) is 3. The Morgan fingerprint density at radius 1 is 1.20 bits per heavy atom. The second-order valence-electron chi connectivity index (χ2n) is 9.82. The van der Waals surface area contributed by atoms with Gasteiger partial charge < -0.3 is 20.2 Å². The van der Waals surface area contributed by atoms with Crippen molar-refractivity contribution >= 4 is 35.0 Å². The zero-order chi connectivity index (χ0) is 29.3. The van der Waals surface area contributed by atoms with Crippen molar-refractivity contribution in [3.8, 4) is 22.4 Å². The van der Waals surface area contributed by atoms with Gasteiger partial charge in [-0.05, 0) is 49.2 Å². The molecule has 3 N–H and O–H groups in total. The number of nitrogens with one attached hydrogen (secondary N) is 3. The first kappa shape index (κ1) is 28.0. The molecular formula is C29H26ClF2N5O4. The predicted molar refractivity (Wildman–Crippen MR) is 149 cm³/mol. The van der Waals surface area contributed by atoms with Crippen LogP contribution in [0.25, 0.3) is 22.4 Å². The number of fused-ring (bicyclic) bond motifs is 4. The number of nitrogens with zero attached hydrogens (tertiary/aromatic N) is 2. The third-order valence-electron chi connectivity index (χ3n) is 7.14. The summed E-state index contributed by atoms with van der Waals surface area (Å²) in [5, 5.41) is 18.5. The molecule has 5 rings (SSSR count). The molecule has 2 bridgehead atoms. The van der Waals surface area contributed by atoms with E-state index in [0.29, 0.717) is 58.1 Å². The minimum atomic E-state index is -0.947. The molecule has 0 aliphatic carbocycles. The second-order valence-corrected chi connectivity index (χ2v) is 10.2. The van der Waals surface area contributed by atoms with E-state index in [1.165, 1.54) is 19.2 Å². The van der Waals surface area contributed by atoms with E-state index in [9.17, 15) is 23.6 Å². The van der Waals surface area contributed by atoms with Gasteiger partial charge in [0.2, 0.25) is 11.6 Å². The van der Waals surface area contributed by atoms with Crippen LogP contribution in [-0.4, -0.2) is 29.1 Å². The maximum atomic E-state index is 14.6. The van der Waals surface area contributed by atoms with E-state index in [-0.39, 0.29) is 28.0 Å². The third kappa shape index (κ3) is 5.71. The van der Waals surface area contributed by atoms with Gasteiger partial charge in [-0.25, -0.2) is 18.6 Å². The lowest BCUT2D eigenvalue weighted by molar-refractivity contribution is -0.614. The number of H-pyrrole nitrogens is 1. The predicted octanol–water partition coefficient (Wildman–Crippen LogP) is 6.38. The number of hydrogen-bond acceptors (Lipinski definition) is 5. The molecule has 0 saturated carbocycles. The topological polar surface area (TPSA) is 123 Å². The van der Waals surface area contributed by atoms with Crippen LogP contribution < -0.4 is 15.4 Å². The van der Waals surface area contributed by atoms with Crippen molar-refractivity contribution in [3.05, 3.63) is 88.2 Å². The van der Waals surface area contributed by atoms with Crippen molar-refractivity contribution in [2.75, 3.05) is 17.7 Å². The number of rotatable bonds is 3. The number of benzene rings is 2. The number of amides is 2. The molecule has 2 amide bonds. The number of carbonyl (C=O) groups is 2. The average molecular weight is 582 g/mol. The summed E-state index contributed by atoms with van der Waals surface area (Å²) in [7, 11) is 1.25.